The lowest BCUT2D eigenvalue weighted by molar-refractivity contribution is 0.0808. The zero-order valence-electron chi connectivity index (χ0n) is 18.9. The monoisotopic (exact) mass is 435 g/mol. The van der Waals surface area contributed by atoms with Gasteiger partial charge in [-0.05, 0) is 68.2 Å². The van der Waals surface area contributed by atoms with Crippen molar-refractivity contribution in [2.75, 3.05) is 25.5 Å². The highest BCUT2D eigenvalue weighted by atomic mass is 16.3. The summed E-state index contributed by atoms with van der Waals surface area (Å²) in [5.74, 6) is -0.823. The van der Waals surface area contributed by atoms with Crippen molar-refractivity contribution in [3.05, 3.63) is 64.7 Å². The molecule has 1 atom stereocenters. The van der Waals surface area contributed by atoms with E-state index in [4.69, 9.17) is 0 Å². The second-order valence-electron chi connectivity index (χ2n) is 8.02. The van der Waals surface area contributed by atoms with Gasteiger partial charge in [-0.2, -0.15) is 0 Å². The molecule has 7 nitrogen and oxygen atoms in total. The van der Waals surface area contributed by atoms with Crippen molar-refractivity contribution in [1.29, 1.82) is 0 Å². The summed E-state index contributed by atoms with van der Waals surface area (Å²) >= 11 is 0. The molecule has 0 saturated heterocycles. The molecule has 2 N–H and O–H groups in total. The molecule has 2 aromatic carbocycles. The summed E-state index contributed by atoms with van der Waals surface area (Å²) in [6.45, 7) is 4.32. The van der Waals surface area contributed by atoms with E-state index in [0.29, 0.717) is 12.1 Å². The van der Waals surface area contributed by atoms with Crippen LogP contribution >= 0.6 is 0 Å². The lowest BCUT2D eigenvalue weighted by Crippen LogP contribution is -2.42. The molecule has 1 aliphatic rings. The Morgan fingerprint density at radius 2 is 1.97 bits per heavy atom. The van der Waals surface area contributed by atoms with Crippen molar-refractivity contribution < 1.29 is 19.8 Å². The maximum absolute atomic E-state index is 13.2. The van der Waals surface area contributed by atoms with Gasteiger partial charge in [0, 0.05) is 50.2 Å². The van der Waals surface area contributed by atoms with Gasteiger partial charge in [0.05, 0.1) is 5.56 Å². The third-order valence-corrected chi connectivity index (χ3v) is 5.72. The Hall–Kier alpha value is -3.61. The first kappa shape index (κ1) is 23.1. The van der Waals surface area contributed by atoms with E-state index in [0.717, 1.165) is 35.7 Å². The van der Waals surface area contributed by atoms with E-state index < -0.39 is 0 Å². The molecular formula is C25H29N3O4. The number of hydrogen-bond acceptors (Lipinski definition) is 5. The van der Waals surface area contributed by atoms with Gasteiger partial charge in [-0.25, -0.2) is 0 Å². The second kappa shape index (κ2) is 9.68. The molecule has 0 spiro atoms. The van der Waals surface area contributed by atoms with Gasteiger partial charge in [-0.15, -0.1) is 0 Å². The van der Waals surface area contributed by atoms with Crippen molar-refractivity contribution >= 4 is 23.7 Å². The summed E-state index contributed by atoms with van der Waals surface area (Å²) in [5.41, 5.74) is 3.27. The first-order valence-corrected chi connectivity index (χ1v) is 10.6. The number of hydrogen-bond donors (Lipinski definition) is 2. The molecule has 0 aliphatic carbocycles. The van der Waals surface area contributed by atoms with Gasteiger partial charge in [0.1, 0.15) is 11.5 Å². The standard InChI is InChI=1S/C25H29N3O4/c1-5-17(14-26-3)15-27(4)24(31)19-8-11-22-18(12-19)7-6-16(2)28(22)25(32)21-10-9-20(29)13-23(21)30/h5,8-14,16,29-30H,6-7,15H2,1-4H3/b17-5+,26-14?. The number of likely N-dealkylation sites (N-methyl/N-ethyl adjacent to an activating group) is 1. The van der Waals surface area contributed by atoms with Gasteiger partial charge in [0.15, 0.2) is 0 Å². The lowest BCUT2D eigenvalue weighted by Gasteiger charge is -2.36. The van der Waals surface area contributed by atoms with Gasteiger partial charge in [0.25, 0.3) is 11.8 Å². The Labute approximate surface area is 188 Å². The molecule has 2 aromatic rings. The smallest absolute Gasteiger partial charge is 0.262 e. The quantitative estimate of drug-likeness (QED) is 0.699. The summed E-state index contributed by atoms with van der Waals surface area (Å²) in [5, 5.41) is 19.7. The first-order chi connectivity index (χ1) is 15.3. The van der Waals surface area contributed by atoms with Crippen LogP contribution in [0.25, 0.3) is 0 Å². The number of phenolic OH excluding ortho intramolecular Hbond substituents is 2. The maximum atomic E-state index is 13.2. The zero-order chi connectivity index (χ0) is 23.4. The zero-order valence-corrected chi connectivity index (χ0v) is 18.9. The molecule has 0 aromatic heterocycles. The van der Waals surface area contributed by atoms with E-state index in [1.807, 2.05) is 26.0 Å². The number of aryl methyl sites for hydroxylation is 1. The largest absolute Gasteiger partial charge is 0.508 e. The summed E-state index contributed by atoms with van der Waals surface area (Å²) < 4.78 is 0. The summed E-state index contributed by atoms with van der Waals surface area (Å²) in [6, 6.07) is 9.25. The molecule has 1 aliphatic heterocycles. The van der Waals surface area contributed by atoms with Crippen LogP contribution in [0, 0.1) is 0 Å². The van der Waals surface area contributed by atoms with E-state index >= 15 is 0 Å². The van der Waals surface area contributed by atoms with Crippen molar-refractivity contribution in [2.45, 2.75) is 32.7 Å². The molecule has 32 heavy (non-hydrogen) atoms. The number of carbonyl (C=O) groups excluding carboxylic acids is 2. The number of benzene rings is 2. The van der Waals surface area contributed by atoms with Crippen LogP contribution in [0.3, 0.4) is 0 Å². The van der Waals surface area contributed by atoms with Crippen molar-refractivity contribution in [3.8, 4) is 11.5 Å². The number of amides is 2. The highest BCUT2D eigenvalue weighted by molar-refractivity contribution is 6.09. The molecule has 0 fully saturated rings. The number of fused-ring (bicyclic) bond motifs is 1. The maximum Gasteiger partial charge on any atom is 0.262 e. The average Bonchev–Trinajstić information content (AvgIpc) is 2.77. The SMILES string of the molecule is C/C=C(\C=NC)CN(C)C(=O)c1ccc2c(c1)CCC(C)N2C(=O)c1ccc(O)cc1O. The predicted octanol–water partition coefficient (Wildman–Crippen LogP) is 3.80. The number of aromatic hydroxyl groups is 2. The number of aliphatic imine (C=N–C) groups is 1. The van der Waals surface area contributed by atoms with Gasteiger partial charge in [0.2, 0.25) is 0 Å². The van der Waals surface area contributed by atoms with Crippen LogP contribution in [-0.4, -0.2) is 59.8 Å². The molecule has 0 bridgehead atoms. The van der Waals surface area contributed by atoms with Crippen LogP contribution < -0.4 is 4.90 Å². The van der Waals surface area contributed by atoms with Crippen LogP contribution in [0.1, 0.15) is 46.5 Å². The van der Waals surface area contributed by atoms with Crippen LogP contribution in [0.2, 0.25) is 0 Å². The van der Waals surface area contributed by atoms with Crippen molar-refractivity contribution in [3.63, 3.8) is 0 Å². The normalized spacial score (nSPS) is 16.2. The van der Waals surface area contributed by atoms with E-state index in [9.17, 15) is 19.8 Å². The molecule has 168 valence electrons. The Kier molecular flexibility index (Phi) is 6.98. The van der Waals surface area contributed by atoms with E-state index in [2.05, 4.69) is 4.99 Å². The van der Waals surface area contributed by atoms with Gasteiger partial charge in [-0.1, -0.05) is 6.08 Å². The summed E-state index contributed by atoms with van der Waals surface area (Å²) in [4.78, 5) is 33.5. The van der Waals surface area contributed by atoms with Gasteiger partial charge < -0.3 is 20.0 Å². The minimum Gasteiger partial charge on any atom is -0.508 e. The number of allylic oxidation sites excluding steroid dienone is 1. The molecule has 7 heteroatoms. The molecule has 0 saturated carbocycles. The van der Waals surface area contributed by atoms with Crippen molar-refractivity contribution in [1.82, 2.24) is 4.90 Å². The molecule has 0 radical (unpaired) electrons. The Morgan fingerprint density at radius 3 is 2.62 bits per heavy atom. The van der Waals surface area contributed by atoms with Gasteiger partial charge >= 0.3 is 0 Å². The summed E-state index contributed by atoms with van der Waals surface area (Å²) in [6.07, 6.45) is 5.14. The van der Waals surface area contributed by atoms with E-state index in [1.165, 1.54) is 12.1 Å². The topological polar surface area (TPSA) is 93.4 Å². The number of carbonyl (C=O) groups is 2. The molecule has 3 rings (SSSR count). The minimum atomic E-state index is -0.344. The highest BCUT2D eigenvalue weighted by Crippen LogP contribution is 2.35. The van der Waals surface area contributed by atoms with E-state index in [-0.39, 0.29) is 34.9 Å². The highest BCUT2D eigenvalue weighted by Gasteiger charge is 2.31. The number of anilines is 1. The molecule has 2 amide bonds. The molecular weight excluding hydrogens is 406 g/mol. The van der Waals surface area contributed by atoms with Crippen LogP contribution in [-0.2, 0) is 6.42 Å². The van der Waals surface area contributed by atoms with Crippen LogP contribution in [0.5, 0.6) is 11.5 Å². The fourth-order valence-electron chi connectivity index (χ4n) is 3.96. The van der Waals surface area contributed by atoms with Crippen LogP contribution in [0.15, 0.2) is 53.0 Å². The number of rotatable bonds is 5. The Balaban J connectivity index is 1.89. The van der Waals surface area contributed by atoms with E-state index in [1.54, 1.807) is 42.2 Å². The Bertz CT molecular complexity index is 1090. The minimum absolute atomic E-state index is 0.0713. The third-order valence-electron chi connectivity index (χ3n) is 5.72. The fraction of sp³-hybridized carbons (Fsp3) is 0.320. The number of nitrogens with zero attached hydrogens (tertiary/aromatic N) is 3. The molecule has 1 unspecified atom stereocenters. The van der Waals surface area contributed by atoms with Gasteiger partial charge in [-0.3, -0.25) is 14.6 Å². The molecule has 1 heterocycles. The number of phenols is 2. The van der Waals surface area contributed by atoms with Crippen LogP contribution in [0.4, 0.5) is 5.69 Å². The first-order valence-electron chi connectivity index (χ1n) is 10.6. The lowest BCUT2D eigenvalue weighted by atomic mass is 9.93. The third kappa shape index (κ3) is 4.66. The Morgan fingerprint density at radius 1 is 1.22 bits per heavy atom. The van der Waals surface area contributed by atoms with Crippen molar-refractivity contribution in [2.24, 2.45) is 4.99 Å². The fourth-order valence-corrected chi connectivity index (χ4v) is 3.96. The predicted molar refractivity (Wildman–Crippen MR) is 126 cm³/mol. The summed E-state index contributed by atoms with van der Waals surface area (Å²) in [7, 11) is 3.45. The second-order valence-corrected chi connectivity index (χ2v) is 8.02. The average molecular weight is 436 g/mol.